The smallest absolute Gasteiger partial charge is 0.416 e. The van der Waals surface area contributed by atoms with Crippen LogP contribution in [0.3, 0.4) is 0 Å². The molecule has 0 spiro atoms. The number of esters is 1. The number of alkyl halides is 3. The molecule has 0 amide bonds. The van der Waals surface area contributed by atoms with Crippen LogP contribution in [0.25, 0.3) is 0 Å². The van der Waals surface area contributed by atoms with Gasteiger partial charge in [0.1, 0.15) is 0 Å². The summed E-state index contributed by atoms with van der Waals surface area (Å²) >= 11 is 0. The second kappa shape index (κ2) is 6.88. The van der Waals surface area contributed by atoms with Crippen LogP contribution in [0.1, 0.15) is 27.3 Å². The first kappa shape index (κ1) is 16.9. The molecule has 0 unspecified atom stereocenters. The topological polar surface area (TPSA) is 73.4 Å². The zero-order valence-corrected chi connectivity index (χ0v) is 12.8. The third-order valence-corrected chi connectivity index (χ3v) is 3.45. The number of rotatable bonds is 5. The lowest BCUT2D eigenvalue weighted by atomic mass is 10.1. The number of carbonyl (C=O) groups is 1. The van der Waals surface area contributed by atoms with E-state index >= 15 is 0 Å². The minimum Gasteiger partial charge on any atom is -0.458 e. The van der Waals surface area contributed by atoms with Crippen LogP contribution in [0.5, 0.6) is 0 Å². The van der Waals surface area contributed by atoms with Gasteiger partial charge in [0.05, 0.1) is 5.56 Å². The van der Waals surface area contributed by atoms with Crippen LogP contribution in [0, 0.1) is 0 Å². The first-order chi connectivity index (χ1) is 11.9. The Labute approximate surface area is 140 Å². The minimum absolute atomic E-state index is 0.0123. The van der Waals surface area contributed by atoms with E-state index in [4.69, 9.17) is 14.2 Å². The molecule has 1 aromatic carbocycles. The van der Waals surface area contributed by atoms with E-state index in [0.29, 0.717) is 18.5 Å². The number of halogens is 3. The van der Waals surface area contributed by atoms with Gasteiger partial charge in [-0.2, -0.15) is 18.3 Å². The van der Waals surface area contributed by atoms with Gasteiger partial charge in [0.2, 0.25) is 6.79 Å². The molecular formula is C16H13F3N2O4. The monoisotopic (exact) mass is 354 g/mol. The lowest BCUT2D eigenvalue weighted by molar-refractivity contribution is -0.137. The fourth-order valence-corrected chi connectivity index (χ4v) is 2.16. The van der Waals surface area contributed by atoms with Crippen molar-refractivity contribution in [1.29, 1.82) is 0 Å². The summed E-state index contributed by atoms with van der Waals surface area (Å²) in [4.78, 5) is 11.8. The van der Waals surface area contributed by atoms with Crippen molar-refractivity contribution in [2.24, 2.45) is 0 Å². The van der Waals surface area contributed by atoms with Gasteiger partial charge < -0.3 is 14.2 Å². The molecule has 0 atom stereocenters. The van der Waals surface area contributed by atoms with Crippen molar-refractivity contribution in [1.82, 2.24) is 10.2 Å². The normalized spacial score (nSPS) is 13.8. The van der Waals surface area contributed by atoms with Crippen molar-refractivity contribution in [2.45, 2.75) is 19.0 Å². The van der Waals surface area contributed by atoms with E-state index in [1.54, 1.807) is 0 Å². The maximum Gasteiger partial charge on any atom is 0.416 e. The standard InChI is InChI=1S/C16H13F3N2O4/c17-16(18,19)11-4-1-10(2-5-11)3-6-12-7-13(21-20-12)15(22)25-14-8-23-9-24-14/h1-2,4-5,7-8H,3,6,9H2,(H,20,21). The number of hydrogen-bond donors (Lipinski definition) is 1. The first-order valence-corrected chi connectivity index (χ1v) is 7.29. The minimum atomic E-state index is -4.35. The fraction of sp³-hybridized carbons (Fsp3) is 0.250. The van der Waals surface area contributed by atoms with Gasteiger partial charge in [-0.3, -0.25) is 5.10 Å². The Bertz CT molecular complexity index is 781. The molecule has 25 heavy (non-hydrogen) atoms. The van der Waals surface area contributed by atoms with Crippen molar-refractivity contribution in [3.05, 3.63) is 65.1 Å². The molecule has 1 aliphatic rings. The largest absolute Gasteiger partial charge is 0.458 e. The summed E-state index contributed by atoms with van der Waals surface area (Å²) in [7, 11) is 0. The Balaban J connectivity index is 1.55. The van der Waals surface area contributed by atoms with Gasteiger partial charge in [0, 0.05) is 5.69 Å². The fourth-order valence-electron chi connectivity index (χ4n) is 2.16. The van der Waals surface area contributed by atoms with Gasteiger partial charge in [-0.1, -0.05) is 12.1 Å². The van der Waals surface area contributed by atoms with Crippen molar-refractivity contribution in [3.8, 4) is 0 Å². The predicted octanol–water partition coefficient (Wildman–Crippen LogP) is 3.17. The van der Waals surface area contributed by atoms with Gasteiger partial charge in [-0.05, 0) is 36.6 Å². The van der Waals surface area contributed by atoms with Gasteiger partial charge in [-0.15, -0.1) is 0 Å². The van der Waals surface area contributed by atoms with Crippen LogP contribution in [-0.4, -0.2) is 23.0 Å². The number of hydrogen-bond acceptors (Lipinski definition) is 5. The average molecular weight is 354 g/mol. The van der Waals surface area contributed by atoms with Crippen LogP contribution in [-0.2, 0) is 33.2 Å². The van der Waals surface area contributed by atoms with Crippen LogP contribution in [0.15, 0.2) is 42.5 Å². The number of aromatic amines is 1. The Hall–Kier alpha value is -2.97. The van der Waals surface area contributed by atoms with Crippen molar-refractivity contribution >= 4 is 5.97 Å². The van der Waals surface area contributed by atoms with Gasteiger partial charge >= 0.3 is 18.1 Å². The maximum atomic E-state index is 12.5. The molecule has 0 aliphatic carbocycles. The Morgan fingerprint density at radius 3 is 2.64 bits per heavy atom. The summed E-state index contributed by atoms with van der Waals surface area (Å²) < 4.78 is 52.1. The number of nitrogens with one attached hydrogen (secondary N) is 1. The van der Waals surface area contributed by atoms with E-state index in [1.807, 2.05) is 0 Å². The second-order valence-corrected chi connectivity index (χ2v) is 5.23. The molecular weight excluding hydrogens is 341 g/mol. The van der Waals surface area contributed by atoms with E-state index in [2.05, 4.69) is 10.2 Å². The molecule has 1 N–H and O–H groups in total. The zero-order valence-electron chi connectivity index (χ0n) is 12.8. The highest BCUT2D eigenvalue weighted by Crippen LogP contribution is 2.29. The molecule has 0 fully saturated rings. The summed E-state index contributed by atoms with van der Waals surface area (Å²) in [6.45, 7) is -0.0123. The molecule has 2 aromatic rings. The zero-order chi connectivity index (χ0) is 17.9. The van der Waals surface area contributed by atoms with Crippen molar-refractivity contribution in [2.75, 3.05) is 6.79 Å². The lowest BCUT2D eigenvalue weighted by Crippen LogP contribution is -2.05. The van der Waals surface area contributed by atoms with E-state index in [1.165, 1.54) is 24.5 Å². The predicted molar refractivity (Wildman–Crippen MR) is 78.0 cm³/mol. The molecule has 2 heterocycles. The quantitative estimate of drug-likeness (QED) is 0.835. The number of benzene rings is 1. The molecule has 3 rings (SSSR count). The number of aromatic nitrogens is 2. The van der Waals surface area contributed by atoms with Gasteiger partial charge in [-0.25, -0.2) is 4.79 Å². The van der Waals surface area contributed by atoms with Gasteiger partial charge in [0.25, 0.3) is 0 Å². The molecule has 9 heteroatoms. The summed E-state index contributed by atoms with van der Waals surface area (Å²) in [6.07, 6.45) is -2.19. The van der Waals surface area contributed by atoms with Crippen LogP contribution in [0.2, 0.25) is 0 Å². The Kier molecular flexibility index (Phi) is 4.64. The number of ether oxygens (including phenoxy) is 3. The van der Waals surface area contributed by atoms with Crippen LogP contribution >= 0.6 is 0 Å². The number of aryl methyl sites for hydroxylation is 2. The highest BCUT2D eigenvalue weighted by molar-refractivity contribution is 5.87. The molecule has 1 aliphatic heterocycles. The Morgan fingerprint density at radius 2 is 2.00 bits per heavy atom. The van der Waals surface area contributed by atoms with Crippen molar-refractivity contribution in [3.63, 3.8) is 0 Å². The molecule has 1 aromatic heterocycles. The summed E-state index contributed by atoms with van der Waals surface area (Å²) in [5.41, 5.74) is 0.784. The molecule has 6 nitrogen and oxygen atoms in total. The van der Waals surface area contributed by atoms with Gasteiger partial charge in [0.15, 0.2) is 12.0 Å². The van der Waals surface area contributed by atoms with Crippen LogP contribution in [0.4, 0.5) is 13.2 Å². The highest BCUT2D eigenvalue weighted by atomic mass is 19.4. The SMILES string of the molecule is O=C(OC1=COCO1)c1cc(CCc2ccc(C(F)(F)F)cc2)[nH]n1. The van der Waals surface area contributed by atoms with Crippen molar-refractivity contribution < 1.29 is 32.2 Å². The molecule has 0 radical (unpaired) electrons. The van der Waals surface area contributed by atoms with E-state index in [9.17, 15) is 18.0 Å². The molecule has 132 valence electrons. The lowest BCUT2D eigenvalue weighted by Gasteiger charge is -2.07. The average Bonchev–Trinajstić information content (AvgIpc) is 3.24. The number of nitrogens with zero attached hydrogens (tertiary/aromatic N) is 1. The van der Waals surface area contributed by atoms with E-state index in [-0.39, 0.29) is 18.4 Å². The Morgan fingerprint density at radius 1 is 1.24 bits per heavy atom. The first-order valence-electron chi connectivity index (χ1n) is 7.29. The summed E-state index contributed by atoms with van der Waals surface area (Å²) in [6, 6.07) is 6.46. The second-order valence-electron chi connectivity index (χ2n) is 5.23. The molecule has 0 saturated carbocycles. The van der Waals surface area contributed by atoms with E-state index < -0.39 is 17.7 Å². The van der Waals surface area contributed by atoms with Crippen LogP contribution < -0.4 is 0 Å². The molecule has 0 saturated heterocycles. The number of H-pyrrole nitrogens is 1. The summed E-state index contributed by atoms with van der Waals surface area (Å²) in [5, 5.41) is 6.54. The third-order valence-electron chi connectivity index (χ3n) is 3.45. The summed E-state index contributed by atoms with van der Waals surface area (Å²) in [5.74, 6) is -0.743. The van der Waals surface area contributed by atoms with E-state index in [0.717, 1.165) is 17.7 Å². The maximum absolute atomic E-state index is 12.5. The third kappa shape index (κ3) is 4.31. The highest BCUT2D eigenvalue weighted by Gasteiger charge is 2.29. The molecule has 0 bridgehead atoms. The number of carbonyl (C=O) groups excluding carboxylic acids is 1.